The van der Waals surface area contributed by atoms with Crippen molar-refractivity contribution in [1.82, 2.24) is 15.6 Å². The summed E-state index contributed by atoms with van der Waals surface area (Å²) < 4.78 is 5.87. The molecule has 3 N–H and O–H groups in total. The third-order valence-electron chi connectivity index (χ3n) is 3.94. The average Bonchev–Trinajstić information content (AvgIpc) is 2.99. The van der Waals surface area contributed by atoms with Crippen LogP contribution in [0.15, 0.2) is 58.2 Å². The molecule has 0 aliphatic rings. The highest BCUT2D eigenvalue weighted by Crippen LogP contribution is 2.24. The first-order valence-electron chi connectivity index (χ1n) is 8.29. The summed E-state index contributed by atoms with van der Waals surface area (Å²) in [7, 11) is 1.65. The van der Waals surface area contributed by atoms with Gasteiger partial charge in [-0.05, 0) is 25.1 Å². The number of para-hydroxylation sites is 1. The number of nitrogens with zero attached hydrogens (tertiary/aromatic N) is 2. The molecular formula is C19H22IN5O2. The highest BCUT2D eigenvalue weighted by molar-refractivity contribution is 14.0. The van der Waals surface area contributed by atoms with Crippen LogP contribution in [0, 0.1) is 6.92 Å². The number of amides is 1. The van der Waals surface area contributed by atoms with Crippen molar-refractivity contribution in [2.45, 2.75) is 13.5 Å². The molecule has 0 spiro atoms. The van der Waals surface area contributed by atoms with Gasteiger partial charge < -0.3 is 20.4 Å². The number of rotatable bonds is 5. The van der Waals surface area contributed by atoms with Crippen molar-refractivity contribution in [1.29, 1.82) is 0 Å². The molecule has 27 heavy (non-hydrogen) atoms. The van der Waals surface area contributed by atoms with Crippen LogP contribution in [0.4, 0.5) is 5.69 Å². The monoisotopic (exact) mass is 479 g/mol. The number of hydrogen-bond acceptors (Lipinski definition) is 4. The fourth-order valence-electron chi connectivity index (χ4n) is 2.58. The van der Waals surface area contributed by atoms with Gasteiger partial charge in [-0.2, -0.15) is 0 Å². The molecule has 0 aliphatic heterocycles. The molecule has 7 nitrogen and oxygen atoms in total. The molecule has 0 saturated carbocycles. The summed E-state index contributed by atoms with van der Waals surface area (Å²) in [6.07, 6.45) is 3.25. The standard InChI is InChI=1S/C19H21N5O2.HI/c1-13-15-7-3-4-8-16(15)26-17(13)11-22-19(20-2)23-12-18(25)24-14-6-5-9-21-10-14;/h3-10H,11-12H2,1-2H3,(H,24,25)(H2,20,22,23);1H. The van der Waals surface area contributed by atoms with Crippen molar-refractivity contribution >= 4 is 52.5 Å². The number of aryl methyl sites for hydroxylation is 1. The summed E-state index contributed by atoms with van der Waals surface area (Å²) in [4.78, 5) is 20.1. The molecule has 3 rings (SSSR count). The van der Waals surface area contributed by atoms with Crippen LogP contribution in [0.2, 0.25) is 0 Å². The second-order valence-corrected chi connectivity index (χ2v) is 5.72. The zero-order chi connectivity index (χ0) is 18.4. The van der Waals surface area contributed by atoms with Crippen molar-refractivity contribution in [2.24, 2.45) is 4.99 Å². The smallest absolute Gasteiger partial charge is 0.243 e. The summed E-state index contributed by atoms with van der Waals surface area (Å²) in [6, 6.07) is 11.5. The Morgan fingerprint density at radius 2 is 2.00 bits per heavy atom. The van der Waals surface area contributed by atoms with Gasteiger partial charge in [0.1, 0.15) is 11.3 Å². The van der Waals surface area contributed by atoms with Crippen LogP contribution in [-0.2, 0) is 11.3 Å². The average molecular weight is 479 g/mol. The van der Waals surface area contributed by atoms with E-state index in [9.17, 15) is 4.79 Å². The maximum atomic E-state index is 12.0. The lowest BCUT2D eigenvalue weighted by molar-refractivity contribution is -0.115. The Labute approximate surface area is 174 Å². The predicted molar refractivity (Wildman–Crippen MR) is 117 cm³/mol. The minimum absolute atomic E-state index is 0. The third-order valence-corrected chi connectivity index (χ3v) is 3.94. The summed E-state index contributed by atoms with van der Waals surface area (Å²) in [5.41, 5.74) is 2.61. The molecule has 2 aromatic heterocycles. The topological polar surface area (TPSA) is 91.5 Å². The minimum Gasteiger partial charge on any atom is -0.459 e. The fraction of sp³-hybridized carbons (Fsp3) is 0.211. The van der Waals surface area contributed by atoms with E-state index in [4.69, 9.17) is 4.42 Å². The van der Waals surface area contributed by atoms with Gasteiger partial charge in [-0.1, -0.05) is 18.2 Å². The molecule has 3 aromatic rings. The molecule has 0 radical (unpaired) electrons. The summed E-state index contributed by atoms with van der Waals surface area (Å²) in [5, 5.41) is 9.99. The molecule has 0 unspecified atom stereocenters. The molecule has 8 heteroatoms. The van der Waals surface area contributed by atoms with Crippen molar-refractivity contribution < 1.29 is 9.21 Å². The summed E-state index contributed by atoms with van der Waals surface area (Å²) >= 11 is 0. The van der Waals surface area contributed by atoms with Crippen LogP contribution < -0.4 is 16.0 Å². The number of carbonyl (C=O) groups is 1. The molecular weight excluding hydrogens is 457 g/mol. The fourth-order valence-corrected chi connectivity index (χ4v) is 2.58. The van der Waals surface area contributed by atoms with E-state index in [0.717, 1.165) is 22.3 Å². The third kappa shape index (κ3) is 5.43. The Morgan fingerprint density at radius 1 is 1.19 bits per heavy atom. The van der Waals surface area contributed by atoms with Gasteiger partial charge in [-0.3, -0.25) is 14.8 Å². The molecule has 1 amide bonds. The number of halogens is 1. The number of nitrogens with one attached hydrogen (secondary N) is 3. The van der Waals surface area contributed by atoms with E-state index < -0.39 is 0 Å². The predicted octanol–water partition coefficient (Wildman–Crippen LogP) is 3.06. The lowest BCUT2D eigenvalue weighted by atomic mass is 10.1. The van der Waals surface area contributed by atoms with E-state index >= 15 is 0 Å². The lowest BCUT2D eigenvalue weighted by Gasteiger charge is -2.11. The van der Waals surface area contributed by atoms with Gasteiger partial charge in [0.2, 0.25) is 5.91 Å². The highest BCUT2D eigenvalue weighted by atomic mass is 127. The van der Waals surface area contributed by atoms with Crippen molar-refractivity contribution in [3.63, 3.8) is 0 Å². The SMILES string of the molecule is CN=C(NCC(=O)Nc1cccnc1)NCc1oc2ccccc2c1C.I. The van der Waals surface area contributed by atoms with Gasteiger partial charge in [0.05, 0.1) is 25.0 Å². The summed E-state index contributed by atoms with van der Waals surface area (Å²) in [5.74, 6) is 1.18. The molecule has 0 saturated heterocycles. The number of guanidine groups is 1. The molecule has 0 aliphatic carbocycles. The summed E-state index contributed by atoms with van der Waals surface area (Å²) in [6.45, 7) is 2.60. The largest absolute Gasteiger partial charge is 0.459 e. The van der Waals surface area contributed by atoms with Gasteiger partial charge in [0.25, 0.3) is 0 Å². The Bertz CT molecular complexity index is 924. The first-order valence-corrected chi connectivity index (χ1v) is 8.29. The van der Waals surface area contributed by atoms with Crippen LogP contribution in [0.25, 0.3) is 11.0 Å². The lowest BCUT2D eigenvalue weighted by Crippen LogP contribution is -2.41. The van der Waals surface area contributed by atoms with E-state index in [1.165, 1.54) is 0 Å². The van der Waals surface area contributed by atoms with Crippen LogP contribution in [0.3, 0.4) is 0 Å². The van der Waals surface area contributed by atoms with E-state index in [1.54, 1.807) is 31.6 Å². The van der Waals surface area contributed by atoms with Crippen LogP contribution >= 0.6 is 24.0 Å². The molecule has 0 atom stereocenters. The number of pyridine rings is 1. The van der Waals surface area contributed by atoms with E-state index in [2.05, 4.69) is 25.9 Å². The number of anilines is 1. The number of benzene rings is 1. The molecule has 142 valence electrons. The van der Waals surface area contributed by atoms with Crippen molar-refractivity contribution in [3.05, 3.63) is 60.1 Å². The maximum Gasteiger partial charge on any atom is 0.243 e. The number of hydrogen-bond donors (Lipinski definition) is 3. The zero-order valence-electron chi connectivity index (χ0n) is 15.2. The van der Waals surface area contributed by atoms with Crippen LogP contribution in [-0.4, -0.2) is 30.4 Å². The maximum absolute atomic E-state index is 12.0. The number of fused-ring (bicyclic) bond motifs is 1. The van der Waals surface area contributed by atoms with Gasteiger partial charge >= 0.3 is 0 Å². The number of aromatic nitrogens is 1. The second kappa shape index (κ2) is 9.91. The Balaban J connectivity index is 0.00000261. The first-order chi connectivity index (χ1) is 12.7. The quantitative estimate of drug-likeness (QED) is 0.297. The Hall–Kier alpha value is -2.62. The number of carbonyl (C=O) groups excluding carboxylic acids is 1. The second-order valence-electron chi connectivity index (χ2n) is 5.72. The molecule has 2 heterocycles. The Morgan fingerprint density at radius 3 is 2.70 bits per heavy atom. The van der Waals surface area contributed by atoms with Crippen LogP contribution in [0.1, 0.15) is 11.3 Å². The molecule has 1 aromatic carbocycles. The van der Waals surface area contributed by atoms with Gasteiger partial charge in [0.15, 0.2) is 5.96 Å². The van der Waals surface area contributed by atoms with Crippen LogP contribution in [0.5, 0.6) is 0 Å². The van der Waals surface area contributed by atoms with E-state index in [1.807, 2.05) is 31.2 Å². The van der Waals surface area contributed by atoms with Gasteiger partial charge in [-0.25, -0.2) is 0 Å². The van der Waals surface area contributed by atoms with Crippen molar-refractivity contribution in [3.8, 4) is 0 Å². The minimum atomic E-state index is -0.180. The number of furan rings is 1. The highest BCUT2D eigenvalue weighted by Gasteiger charge is 2.10. The number of aliphatic imine (C=N–C) groups is 1. The molecule has 0 bridgehead atoms. The Kier molecular flexibility index (Phi) is 7.59. The van der Waals surface area contributed by atoms with E-state index in [-0.39, 0.29) is 36.4 Å². The van der Waals surface area contributed by atoms with E-state index in [0.29, 0.717) is 18.2 Å². The normalized spacial score (nSPS) is 11.0. The van der Waals surface area contributed by atoms with Gasteiger partial charge in [0, 0.05) is 24.2 Å². The molecule has 0 fully saturated rings. The first kappa shape index (κ1) is 20.7. The van der Waals surface area contributed by atoms with Crippen molar-refractivity contribution in [2.75, 3.05) is 18.9 Å². The zero-order valence-corrected chi connectivity index (χ0v) is 17.5. The van der Waals surface area contributed by atoms with Gasteiger partial charge in [-0.15, -0.1) is 24.0 Å².